The lowest BCUT2D eigenvalue weighted by molar-refractivity contribution is -0.137. The molecule has 2 aromatic carbocycles. The first-order chi connectivity index (χ1) is 19.8. The van der Waals surface area contributed by atoms with Gasteiger partial charge in [0.05, 0.1) is 23.6 Å². The van der Waals surface area contributed by atoms with Gasteiger partial charge in [0.25, 0.3) is 11.8 Å². The first-order valence-electron chi connectivity index (χ1n) is 12.8. The van der Waals surface area contributed by atoms with Crippen molar-refractivity contribution >= 4 is 46.5 Å². The number of aromatic nitrogens is 1. The minimum absolute atomic E-state index is 0.0147. The van der Waals surface area contributed by atoms with Gasteiger partial charge in [-0.15, -0.1) is 11.8 Å². The summed E-state index contributed by atoms with van der Waals surface area (Å²) in [5.41, 5.74) is 9.05. The Morgan fingerprint density at radius 3 is 2.59 bits per heavy atom. The van der Waals surface area contributed by atoms with Crippen LogP contribution in [0.2, 0.25) is 0 Å². The van der Waals surface area contributed by atoms with Crippen LogP contribution in [0.4, 0.5) is 15.8 Å². The molecule has 41 heavy (non-hydrogen) atoms. The highest BCUT2D eigenvalue weighted by Crippen LogP contribution is 2.30. The van der Waals surface area contributed by atoms with Crippen molar-refractivity contribution in [3.8, 4) is 0 Å². The molecule has 1 unspecified atom stereocenters. The fourth-order valence-corrected chi connectivity index (χ4v) is 5.10. The number of esters is 1. The van der Waals surface area contributed by atoms with Gasteiger partial charge in [-0.1, -0.05) is 24.8 Å². The third kappa shape index (κ3) is 7.77. The van der Waals surface area contributed by atoms with Crippen LogP contribution in [-0.4, -0.2) is 41.2 Å². The molecule has 2 amide bonds. The molecule has 10 heteroatoms. The van der Waals surface area contributed by atoms with Crippen LogP contribution in [0, 0.1) is 5.82 Å². The van der Waals surface area contributed by atoms with Crippen molar-refractivity contribution in [3.05, 3.63) is 114 Å². The van der Waals surface area contributed by atoms with Crippen molar-refractivity contribution in [2.45, 2.75) is 23.5 Å². The number of benzene rings is 2. The number of hydrogen-bond acceptors (Lipinski definition) is 7. The van der Waals surface area contributed by atoms with Crippen molar-refractivity contribution in [2.24, 2.45) is 5.73 Å². The fraction of sp³-hybridized carbons (Fsp3) is 0.161. The average Bonchev–Trinajstić information content (AvgIpc) is 3.39. The molecule has 210 valence electrons. The summed E-state index contributed by atoms with van der Waals surface area (Å²) in [6, 6.07) is 15.6. The lowest BCUT2D eigenvalue weighted by Gasteiger charge is -2.14. The van der Waals surface area contributed by atoms with E-state index in [0.29, 0.717) is 35.4 Å². The second-order valence-electron chi connectivity index (χ2n) is 9.10. The van der Waals surface area contributed by atoms with E-state index in [2.05, 4.69) is 22.2 Å². The number of nitrogens with zero attached hydrogens (tertiary/aromatic N) is 1. The number of nitrogens with one attached hydrogen (secondary N) is 2. The second-order valence-corrected chi connectivity index (χ2v) is 10.5. The van der Waals surface area contributed by atoms with E-state index in [0.717, 1.165) is 16.7 Å². The fourth-order valence-electron chi connectivity index (χ4n) is 4.07. The average molecular weight is 573 g/mol. The van der Waals surface area contributed by atoms with Crippen molar-refractivity contribution in [2.75, 3.05) is 23.8 Å². The number of hydrogen-bond donors (Lipinski definition) is 3. The number of allylic oxidation sites excluding steroid dienone is 1. The van der Waals surface area contributed by atoms with Gasteiger partial charge in [0, 0.05) is 34.5 Å². The van der Waals surface area contributed by atoms with Gasteiger partial charge in [-0.25, -0.2) is 4.39 Å². The maximum Gasteiger partial charge on any atom is 0.307 e. The number of amides is 2. The van der Waals surface area contributed by atoms with E-state index < -0.39 is 11.7 Å². The molecule has 1 fully saturated rings. The molecule has 4 rings (SSSR count). The molecular weight excluding hydrogens is 543 g/mol. The molecule has 1 saturated heterocycles. The molecule has 1 aliphatic rings. The highest BCUT2D eigenvalue weighted by Gasteiger charge is 2.24. The number of rotatable bonds is 10. The van der Waals surface area contributed by atoms with Gasteiger partial charge in [-0.2, -0.15) is 0 Å². The summed E-state index contributed by atoms with van der Waals surface area (Å²) in [7, 11) is 0. The number of ether oxygens (including phenoxy) is 1. The lowest BCUT2D eigenvalue weighted by Crippen LogP contribution is -2.15. The molecule has 0 saturated carbocycles. The van der Waals surface area contributed by atoms with E-state index >= 15 is 0 Å². The molecule has 0 bridgehead atoms. The number of nitrogens with two attached hydrogens (primary N) is 1. The number of carbonyl (C=O) groups excluding carboxylic acids is 3. The van der Waals surface area contributed by atoms with Gasteiger partial charge in [-0.3, -0.25) is 19.4 Å². The smallest absolute Gasteiger partial charge is 0.307 e. The van der Waals surface area contributed by atoms with Crippen LogP contribution in [0.25, 0.3) is 5.57 Å². The predicted octanol–water partition coefficient (Wildman–Crippen LogP) is 5.36. The summed E-state index contributed by atoms with van der Waals surface area (Å²) >= 11 is 1.56. The summed E-state index contributed by atoms with van der Waals surface area (Å²) in [5, 5.41) is 5.47. The van der Waals surface area contributed by atoms with Gasteiger partial charge in [-0.05, 0) is 72.2 Å². The molecule has 3 aromatic rings. The maximum atomic E-state index is 14.0. The number of halogens is 1. The maximum absolute atomic E-state index is 14.0. The van der Waals surface area contributed by atoms with Crippen LogP contribution in [0.5, 0.6) is 0 Å². The quantitative estimate of drug-likeness (QED) is 0.170. The topological polar surface area (TPSA) is 123 Å². The molecule has 2 heterocycles. The number of cyclic esters (lactones) is 1. The van der Waals surface area contributed by atoms with E-state index in [1.807, 2.05) is 25.1 Å². The number of pyridine rings is 1. The normalized spacial score (nSPS) is 15.3. The zero-order valence-corrected chi connectivity index (χ0v) is 23.2. The predicted molar refractivity (Wildman–Crippen MR) is 159 cm³/mol. The summed E-state index contributed by atoms with van der Waals surface area (Å²) in [4.78, 5) is 41.8. The molecule has 8 nitrogen and oxygen atoms in total. The van der Waals surface area contributed by atoms with Crippen LogP contribution in [-0.2, 0) is 14.3 Å². The van der Waals surface area contributed by atoms with Crippen molar-refractivity contribution in [3.63, 3.8) is 0 Å². The molecule has 4 N–H and O–H groups in total. The van der Waals surface area contributed by atoms with Crippen LogP contribution in [0.3, 0.4) is 0 Å². The van der Waals surface area contributed by atoms with Crippen molar-refractivity contribution in [1.82, 2.24) is 4.98 Å². The number of carbonyl (C=O) groups is 3. The minimum atomic E-state index is -0.666. The van der Waals surface area contributed by atoms with Crippen LogP contribution >= 0.6 is 11.8 Å². The summed E-state index contributed by atoms with van der Waals surface area (Å²) in [6.45, 7) is 6.25. The molecule has 1 atom stereocenters. The van der Waals surface area contributed by atoms with Gasteiger partial charge in [0.15, 0.2) is 5.82 Å². The molecule has 1 aromatic heterocycles. The highest BCUT2D eigenvalue weighted by atomic mass is 32.2. The van der Waals surface area contributed by atoms with E-state index in [4.69, 9.17) is 10.5 Å². The highest BCUT2D eigenvalue weighted by molar-refractivity contribution is 8.00. The van der Waals surface area contributed by atoms with Crippen molar-refractivity contribution in [1.29, 1.82) is 0 Å². The van der Waals surface area contributed by atoms with Crippen molar-refractivity contribution < 1.29 is 23.5 Å². The van der Waals surface area contributed by atoms with E-state index in [1.165, 1.54) is 12.3 Å². The lowest BCUT2D eigenvalue weighted by atomic mass is 9.94. The van der Waals surface area contributed by atoms with E-state index in [-0.39, 0.29) is 34.9 Å². The van der Waals surface area contributed by atoms with Gasteiger partial charge < -0.3 is 21.1 Å². The molecular formula is C31H29FN4O4S. The SMILES string of the molecule is C=C(/C=C(\C(=C/C)CN)c1cccc(C(=O)Nc2ccc(SC3COC(=O)C3)cc2)c1)C(=O)Nc1ccncc1F. The largest absolute Gasteiger partial charge is 0.464 e. The summed E-state index contributed by atoms with van der Waals surface area (Å²) < 4.78 is 19.0. The second kappa shape index (κ2) is 13.7. The Morgan fingerprint density at radius 1 is 1.17 bits per heavy atom. The summed E-state index contributed by atoms with van der Waals surface area (Å²) in [6.07, 6.45) is 6.14. The summed E-state index contributed by atoms with van der Waals surface area (Å²) in [5.74, 6) is -1.77. The van der Waals surface area contributed by atoms with Gasteiger partial charge >= 0.3 is 5.97 Å². The molecule has 1 aliphatic heterocycles. The van der Waals surface area contributed by atoms with Crippen LogP contribution in [0.1, 0.15) is 29.3 Å². The zero-order chi connectivity index (χ0) is 29.4. The monoisotopic (exact) mass is 572 g/mol. The minimum Gasteiger partial charge on any atom is -0.464 e. The van der Waals surface area contributed by atoms with Gasteiger partial charge in [0.1, 0.15) is 6.61 Å². The Labute approximate surface area is 241 Å². The molecule has 0 radical (unpaired) electrons. The van der Waals surface area contributed by atoms with Gasteiger partial charge in [0.2, 0.25) is 0 Å². The Morgan fingerprint density at radius 2 is 1.93 bits per heavy atom. The third-order valence-corrected chi connectivity index (χ3v) is 7.40. The van der Waals surface area contributed by atoms with E-state index in [9.17, 15) is 18.8 Å². The van der Waals surface area contributed by atoms with E-state index in [1.54, 1.807) is 54.2 Å². The van der Waals surface area contributed by atoms with Crippen LogP contribution < -0.4 is 16.4 Å². The molecule has 0 aliphatic carbocycles. The first-order valence-corrected chi connectivity index (χ1v) is 13.7. The molecule has 0 spiro atoms. The number of anilines is 2. The number of thioether (sulfide) groups is 1. The Hall–Kier alpha value is -4.54. The first kappa shape index (κ1) is 29.4. The third-order valence-electron chi connectivity index (χ3n) is 6.22. The standard InChI is InChI=1S/C31H29FN4O4S/c1-3-20(16-33)26(13-19(2)30(38)36-28-11-12-34-17-27(28)32)21-5-4-6-22(14-21)31(39)35-23-7-9-24(10-8-23)41-25-15-29(37)40-18-25/h3-14,17,25H,2,15-16,18,33H2,1H3,(H,35,39)(H,34,36,38)/b20-3-,26-13+. The Bertz CT molecular complexity index is 1540. The Balaban J connectivity index is 1.50. The zero-order valence-electron chi connectivity index (χ0n) is 22.4. The van der Waals surface area contributed by atoms with Crippen LogP contribution in [0.15, 0.2) is 102 Å². The Kier molecular flexibility index (Phi) is 9.83.